The fourth-order valence-corrected chi connectivity index (χ4v) is 5.86. The predicted molar refractivity (Wildman–Crippen MR) is 154 cm³/mol. The summed E-state index contributed by atoms with van der Waals surface area (Å²) in [6.45, 7) is 3.73. The number of sulfonamides is 1. The number of benzene rings is 3. The average molecular weight is 621 g/mol. The maximum atomic E-state index is 13.9. The molecule has 1 N–H and O–H groups in total. The van der Waals surface area contributed by atoms with Crippen molar-refractivity contribution in [2.75, 3.05) is 17.4 Å². The van der Waals surface area contributed by atoms with Crippen LogP contribution in [0, 0.1) is 0 Å². The summed E-state index contributed by atoms with van der Waals surface area (Å²) in [7, 11) is -4.10. The van der Waals surface area contributed by atoms with Gasteiger partial charge in [0.1, 0.15) is 12.6 Å². The van der Waals surface area contributed by atoms with Crippen molar-refractivity contribution in [3.63, 3.8) is 0 Å². The first-order chi connectivity index (χ1) is 18.1. The molecular formula is C28H31BrClN3O4S. The van der Waals surface area contributed by atoms with Crippen molar-refractivity contribution in [3.8, 4) is 0 Å². The Balaban J connectivity index is 1.99. The first-order valence-corrected chi connectivity index (χ1v) is 14.9. The van der Waals surface area contributed by atoms with Gasteiger partial charge in [-0.05, 0) is 61.4 Å². The summed E-state index contributed by atoms with van der Waals surface area (Å²) < 4.78 is 29.2. The van der Waals surface area contributed by atoms with Crippen LogP contribution < -0.4 is 9.62 Å². The number of anilines is 1. The van der Waals surface area contributed by atoms with E-state index in [4.69, 9.17) is 11.6 Å². The molecule has 10 heteroatoms. The molecule has 0 aliphatic heterocycles. The Morgan fingerprint density at radius 1 is 1.00 bits per heavy atom. The van der Waals surface area contributed by atoms with Gasteiger partial charge in [0.2, 0.25) is 11.8 Å². The second-order valence-corrected chi connectivity index (χ2v) is 12.0. The van der Waals surface area contributed by atoms with Crippen molar-refractivity contribution in [1.29, 1.82) is 0 Å². The lowest BCUT2D eigenvalue weighted by atomic mass is 10.1. The minimum absolute atomic E-state index is 0.0551. The molecule has 0 fully saturated rings. The molecule has 38 heavy (non-hydrogen) atoms. The lowest BCUT2D eigenvalue weighted by molar-refractivity contribution is -0.139. The molecule has 0 unspecified atom stereocenters. The molecule has 3 aromatic rings. The Morgan fingerprint density at radius 3 is 2.37 bits per heavy atom. The first kappa shape index (κ1) is 29.7. The zero-order valence-corrected chi connectivity index (χ0v) is 24.5. The van der Waals surface area contributed by atoms with Gasteiger partial charge in [-0.2, -0.15) is 0 Å². The van der Waals surface area contributed by atoms with E-state index in [0.717, 1.165) is 22.7 Å². The third-order valence-electron chi connectivity index (χ3n) is 5.95. The Hall–Kier alpha value is -2.88. The third kappa shape index (κ3) is 7.82. The molecule has 3 aromatic carbocycles. The zero-order chi connectivity index (χ0) is 27.7. The lowest BCUT2D eigenvalue weighted by Crippen LogP contribution is -2.51. The number of carbonyl (C=O) groups is 2. The molecule has 0 aliphatic rings. The molecule has 0 saturated carbocycles. The van der Waals surface area contributed by atoms with Gasteiger partial charge >= 0.3 is 0 Å². The summed E-state index contributed by atoms with van der Waals surface area (Å²) in [5.41, 5.74) is 1.04. The fourth-order valence-electron chi connectivity index (χ4n) is 3.83. The number of nitrogens with one attached hydrogen (secondary N) is 1. The van der Waals surface area contributed by atoms with E-state index in [0.29, 0.717) is 21.7 Å². The second-order valence-electron chi connectivity index (χ2n) is 8.78. The molecule has 0 aromatic heterocycles. The first-order valence-electron chi connectivity index (χ1n) is 12.3. The SMILES string of the molecule is CCCCNC(=O)[C@@H](C)N(Cc1cccc(Cl)c1)C(=O)CN(c1cccc(Br)c1)S(=O)(=O)c1ccccc1. The molecule has 0 heterocycles. The normalized spacial score (nSPS) is 12.0. The quantitative estimate of drug-likeness (QED) is 0.266. The molecule has 2 amide bonds. The highest BCUT2D eigenvalue weighted by molar-refractivity contribution is 9.10. The molecule has 0 aliphatic carbocycles. The number of nitrogens with zero attached hydrogens (tertiary/aromatic N) is 2. The van der Waals surface area contributed by atoms with Crippen LogP contribution in [0.5, 0.6) is 0 Å². The van der Waals surface area contributed by atoms with Crippen LogP contribution in [-0.4, -0.2) is 44.3 Å². The number of amides is 2. The van der Waals surface area contributed by atoms with Crippen LogP contribution in [0.4, 0.5) is 5.69 Å². The number of carbonyl (C=O) groups excluding carboxylic acids is 2. The van der Waals surface area contributed by atoms with Crippen molar-refractivity contribution in [2.24, 2.45) is 0 Å². The van der Waals surface area contributed by atoms with Gasteiger partial charge in [0.05, 0.1) is 10.6 Å². The van der Waals surface area contributed by atoms with Crippen LogP contribution in [0.2, 0.25) is 5.02 Å². The number of halogens is 2. The second kappa shape index (κ2) is 13.8. The van der Waals surface area contributed by atoms with E-state index in [-0.39, 0.29) is 17.3 Å². The van der Waals surface area contributed by atoms with E-state index >= 15 is 0 Å². The highest BCUT2D eigenvalue weighted by Gasteiger charge is 2.32. The summed E-state index contributed by atoms with van der Waals surface area (Å²) >= 11 is 9.56. The van der Waals surface area contributed by atoms with Gasteiger partial charge in [-0.25, -0.2) is 8.42 Å². The van der Waals surface area contributed by atoms with Crippen LogP contribution in [-0.2, 0) is 26.2 Å². The van der Waals surface area contributed by atoms with E-state index in [9.17, 15) is 18.0 Å². The molecule has 0 bridgehead atoms. The van der Waals surface area contributed by atoms with Gasteiger partial charge in [0.15, 0.2) is 0 Å². The number of unbranched alkanes of at least 4 members (excludes halogenated alkanes) is 1. The van der Waals surface area contributed by atoms with Gasteiger partial charge in [-0.1, -0.05) is 77.3 Å². The lowest BCUT2D eigenvalue weighted by Gasteiger charge is -2.32. The summed E-state index contributed by atoms with van der Waals surface area (Å²) in [6.07, 6.45) is 1.73. The van der Waals surface area contributed by atoms with E-state index in [2.05, 4.69) is 21.2 Å². The van der Waals surface area contributed by atoms with Gasteiger partial charge in [-0.15, -0.1) is 0 Å². The molecule has 3 rings (SSSR count). The van der Waals surface area contributed by atoms with Crippen LogP contribution >= 0.6 is 27.5 Å². The topological polar surface area (TPSA) is 86.8 Å². The van der Waals surface area contributed by atoms with Crippen molar-refractivity contribution in [1.82, 2.24) is 10.2 Å². The van der Waals surface area contributed by atoms with Crippen LogP contribution in [0.25, 0.3) is 0 Å². The van der Waals surface area contributed by atoms with Crippen molar-refractivity contribution < 1.29 is 18.0 Å². The third-order valence-corrected chi connectivity index (χ3v) is 8.46. The monoisotopic (exact) mass is 619 g/mol. The maximum absolute atomic E-state index is 13.9. The summed E-state index contributed by atoms with van der Waals surface area (Å²) in [5.74, 6) is -0.837. The highest BCUT2D eigenvalue weighted by atomic mass is 79.9. The molecule has 0 spiro atoms. The molecule has 7 nitrogen and oxygen atoms in total. The van der Waals surface area contributed by atoms with Crippen LogP contribution in [0.3, 0.4) is 0 Å². The van der Waals surface area contributed by atoms with Crippen molar-refractivity contribution >= 4 is 55.1 Å². The smallest absolute Gasteiger partial charge is 0.264 e. The van der Waals surface area contributed by atoms with E-state index < -0.39 is 28.5 Å². The fraction of sp³-hybridized carbons (Fsp3) is 0.286. The Bertz CT molecular complexity index is 1350. The van der Waals surface area contributed by atoms with Gasteiger partial charge in [-0.3, -0.25) is 13.9 Å². The van der Waals surface area contributed by atoms with Gasteiger partial charge in [0.25, 0.3) is 10.0 Å². The predicted octanol–water partition coefficient (Wildman–Crippen LogP) is 5.63. The van der Waals surface area contributed by atoms with Crippen molar-refractivity contribution in [3.05, 3.63) is 93.9 Å². The van der Waals surface area contributed by atoms with Crippen LogP contribution in [0.15, 0.2) is 88.2 Å². The van der Waals surface area contributed by atoms with Gasteiger partial charge in [0, 0.05) is 22.6 Å². The average Bonchev–Trinajstić information content (AvgIpc) is 2.90. The van der Waals surface area contributed by atoms with Crippen molar-refractivity contribution in [2.45, 2.75) is 44.2 Å². The molecule has 0 saturated heterocycles. The zero-order valence-electron chi connectivity index (χ0n) is 21.3. The minimum Gasteiger partial charge on any atom is -0.354 e. The summed E-state index contributed by atoms with van der Waals surface area (Å²) in [4.78, 5) is 28.3. The largest absolute Gasteiger partial charge is 0.354 e. The minimum atomic E-state index is -4.10. The number of rotatable bonds is 12. The van der Waals surface area contributed by atoms with E-state index in [1.807, 2.05) is 6.92 Å². The molecular weight excluding hydrogens is 590 g/mol. The maximum Gasteiger partial charge on any atom is 0.264 e. The number of hydrogen-bond acceptors (Lipinski definition) is 4. The summed E-state index contributed by atoms with van der Waals surface area (Å²) in [5, 5.41) is 3.37. The highest BCUT2D eigenvalue weighted by Crippen LogP contribution is 2.27. The summed E-state index contributed by atoms with van der Waals surface area (Å²) in [6, 6.07) is 20.8. The standard InChI is InChI=1S/C28H31BrClN3O4S/c1-3-4-16-31-28(35)21(2)32(19-22-10-8-12-24(30)17-22)27(34)20-33(25-13-9-11-23(29)18-25)38(36,37)26-14-6-5-7-15-26/h5-15,17-18,21H,3-4,16,19-20H2,1-2H3,(H,31,35)/t21-/m1/s1. The molecule has 0 radical (unpaired) electrons. The van der Waals surface area contributed by atoms with Crippen LogP contribution in [0.1, 0.15) is 32.3 Å². The Labute approximate surface area is 238 Å². The molecule has 1 atom stereocenters. The molecule has 202 valence electrons. The van der Waals surface area contributed by atoms with Gasteiger partial charge < -0.3 is 10.2 Å². The number of hydrogen-bond donors (Lipinski definition) is 1. The van der Waals surface area contributed by atoms with E-state index in [1.165, 1.54) is 17.0 Å². The Morgan fingerprint density at radius 2 is 1.71 bits per heavy atom. The Kier molecular flexibility index (Phi) is 10.8. The van der Waals surface area contributed by atoms with E-state index in [1.54, 1.807) is 73.7 Å².